The van der Waals surface area contributed by atoms with Crippen molar-refractivity contribution in [3.63, 3.8) is 0 Å². The van der Waals surface area contributed by atoms with E-state index >= 15 is 0 Å². The van der Waals surface area contributed by atoms with Crippen molar-refractivity contribution in [2.75, 3.05) is 0 Å². The lowest BCUT2D eigenvalue weighted by molar-refractivity contribution is -0.124. The molecular formula is C9H8F3NO2. The Bertz CT molecular complexity index is 372. The predicted octanol–water partition coefficient (Wildman–Crippen LogP) is 1.36. The van der Waals surface area contributed by atoms with Gasteiger partial charge in [0.1, 0.15) is 5.82 Å². The van der Waals surface area contributed by atoms with Crippen molar-refractivity contribution in [2.24, 2.45) is 5.73 Å². The zero-order valence-electron chi connectivity index (χ0n) is 7.76. The number of rotatable bonds is 3. The molecule has 1 unspecified atom stereocenters. The third kappa shape index (κ3) is 2.61. The van der Waals surface area contributed by atoms with Crippen LogP contribution in [0.2, 0.25) is 0 Å². The SMILES string of the molecule is CC(Oc1c(F)cc(F)cc1F)C(N)=O. The average Bonchev–Trinajstić information content (AvgIpc) is 2.10. The molecule has 0 fully saturated rings. The second kappa shape index (κ2) is 4.20. The van der Waals surface area contributed by atoms with Crippen molar-refractivity contribution in [1.29, 1.82) is 0 Å². The fourth-order valence-corrected chi connectivity index (χ4v) is 0.876. The van der Waals surface area contributed by atoms with E-state index in [0.717, 1.165) is 0 Å². The summed E-state index contributed by atoms with van der Waals surface area (Å²) in [7, 11) is 0. The minimum Gasteiger partial charge on any atom is -0.475 e. The molecule has 6 heteroatoms. The Hall–Kier alpha value is -1.72. The summed E-state index contributed by atoms with van der Waals surface area (Å²) < 4.78 is 43.0. The van der Waals surface area contributed by atoms with Gasteiger partial charge >= 0.3 is 0 Å². The number of benzene rings is 1. The number of halogens is 3. The van der Waals surface area contributed by atoms with Crippen LogP contribution in [0.1, 0.15) is 6.92 Å². The monoisotopic (exact) mass is 219 g/mol. The summed E-state index contributed by atoms with van der Waals surface area (Å²) >= 11 is 0. The molecule has 0 bridgehead atoms. The highest BCUT2D eigenvalue weighted by atomic mass is 19.1. The van der Waals surface area contributed by atoms with Crippen LogP contribution in [0.5, 0.6) is 5.75 Å². The number of hydrogen-bond donors (Lipinski definition) is 1. The number of carbonyl (C=O) groups excluding carboxylic acids is 1. The van der Waals surface area contributed by atoms with Gasteiger partial charge in [0.2, 0.25) is 0 Å². The second-order valence-corrected chi connectivity index (χ2v) is 2.86. The Kier molecular flexibility index (Phi) is 3.18. The third-order valence-corrected chi connectivity index (χ3v) is 1.66. The smallest absolute Gasteiger partial charge is 0.258 e. The van der Waals surface area contributed by atoms with Gasteiger partial charge in [-0.25, -0.2) is 13.2 Å². The normalized spacial score (nSPS) is 12.3. The molecule has 1 amide bonds. The van der Waals surface area contributed by atoms with Crippen molar-refractivity contribution in [3.05, 3.63) is 29.6 Å². The van der Waals surface area contributed by atoms with E-state index in [2.05, 4.69) is 4.74 Å². The summed E-state index contributed by atoms with van der Waals surface area (Å²) in [5, 5.41) is 0. The van der Waals surface area contributed by atoms with Gasteiger partial charge in [0.05, 0.1) is 0 Å². The first-order chi connectivity index (χ1) is 6.91. The van der Waals surface area contributed by atoms with Crippen molar-refractivity contribution in [1.82, 2.24) is 0 Å². The Labute approximate surface area is 83.6 Å². The Morgan fingerprint density at radius 3 is 2.20 bits per heavy atom. The molecule has 1 rings (SSSR count). The number of primary amides is 1. The number of ether oxygens (including phenoxy) is 1. The van der Waals surface area contributed by atoms with Gasteiger partial charge in [-0.15, -0.1) is 0 Å². The molecule has 0 spiro atoms. The molecule has 1 atom stereocenters. The molecule has 0 aliphatic rings. The molecule has 0 radical (unpaired) electrons. The number of amides is 1. The van der Waals surface area contributed by atoms with E-state index in [0.29, 0.717) is 12.1 Å². The van der Waals surface area contributed by atoms with Crippen LogP contribution in [0.25, 0.3) is 0 Å². The molecule has 0 aromatic heterocycles. The lowest BCUT2D eigenvalue weighted by Crippen LogP contribution is -2.31. The van der Waals surface area contributed by atoms with Crippen molar-refractivity contribution < 1.29 is 22.7 Å². The van der Waals surface area contributed by atoms with Gasteiger partial charge in [0.15, 0.2) is 23.5 Å². The molecule has 0 aliphatic carbocycles. The summed E-state index contributed by atoms with van der Waals surface area (Å²) in [4.78, 5) is 10.6. The van der Waals surface area contributed by atoms with Gasteiger partial charge in [-0.05, 0) is 6.92 Å². The van der Waals surface area contributed by atoms with Crippen LogP contribution in [0, 0.1) is 17.5 Å². The lowest BCUT2D eigenvalue weighted by Gasteiger charge is -2.12. The number of nitrogens with two attached hydrogens (primary N) is 1. The van der Waals surface area contributed by atoms with Crippen LogP contribution in [-0.2, 0) is 4.79 Å². The van der Waals surface area contributed by atoms with E-state index in [1.54, 1.807) is 0 Å². The maximum Gasteiger partial charge on any atom is 0.258 e. The molecule has 1 aromatic rings. The zero-order valence-corrected chi connectivity index (χ0v) is 7.76. The van der Waals surface area contributed by atoms with E-state index in [1.807, 2.05) is 0 Å². The first kappa shape index (κ1) is 11.4. The van der Waals surface area contributed by atoms with Gasteiger partial charge in [-0.3, -0.25) is 4.79 Å². The predicted molar refractivity (Wildman–Crippen MR) is 45.6 cm³/mol. The highest BCUT2D eigenvalue weighted by Gasteiger charge is 2.18. The molecule has 0 aliphatic heterocycles. The summed E-state index contributed by atoms with van der Waals surface area (Å²) in [5.41, 5.74) is 4.83. The minimum absolute atomic E-state index is 0.451. The fourth-order valence-electron chi connectivity index (χ4n) is 0.876. The molecule has 0 saturated heterocycles. The van der Waals surface area contributed by atoms with Crippen LogP contribution >= 0.6 is 0 Å². The van der Waals surface area contributed by atoms with Crippen molar-refractivity contribution >= 4 is 5.91 Å². The average molecular weight is 219 g/mol. The second-order valence-electron chi connectivity index (χ2n) is 2.86. The summed E-state index contributed by atoms with van der Waals surface area (Å²) in [6.07, 6.45) is -1.19. The van der Waals surface area contributed by atoms with E-state index in [1.165, 1.54) is 6.92 Å². The van der Waals surface area contributed by atoms with Crippen molar-refractivity contribution in [2.45, 2.75) is 13.0 Å². The molecular weight excluding hydrogens is 211 g/mol. The molecule has 15 heavy (non-hydrogen) atoms. The summed E-state index contributed by atoms with van der Waals surface area (Å²) in [5.74, 6) is -5.20. The Morgan fingerprint density at radius 1 is 1.33 bits per heavy atom. The van der Waals surface area contributed by atoms with Crippen molar-refractivity contribution in [3.8, 4) is 5.75 Å². The van der Waals surface area contributed by atoms with Gasteiger partial charge in [-0.1, -0.05) is 0 Å². The Morgan fingerprint density at radius 2 is 1.80 bits per heavy atom. The standard InChI is InChI=1S/C9H8F3NO2/c1-4(9(13)14)15-8-6(11)2-5(10)3-7(8)12/h2-4H,1H3,(H2,13,14). The van der Waals surface area contributed by atoms with Crippen LogP contribution in [0.3, 0.4) is 0 Å². The van der Waals surface area contributed by atoms with Gasteiger partial charge in [0, 0.05) is 12.1 Å². The largest absolute Gasteiger partial charge is 0.475 e. The highest BCUT2D eigenvalue weighted by Crippen LogP contribution is 2.23. The zero-order chi connectivity index (χ0) is 11.6. The van der Waals surface area contributed by atoms with E-state index in [9.17, 15) is 18.0 Å². The first-order valence-electron chi connectivity index (χ1n) is 4.02. The minimum atomic E-state index is -1.22. The van der Waals surface area contributed by atoms with Gasteiger partial charge < -0.3 is 10.5 Å². The molecule has 2 N–H and O–H groups in total. The lowest BCUT2D eigenvalue weighted by atomic mass is 10.3. The van der Waals surface area contributed by atoms with E-state index in [4.69, 9.17) is 5.73 Å². The molecule has 0 heterocycles. The number of carbonyl (C=O) groups is 1. The van der Waals surface area contributed by atoms with Gasteiger partial charge in [0.25, 0.3) is 5.91 Å². The van der Waals surface area contributed by atoms with Gasteiger partial charge in [-0.2, -0.15) is 0 Å². The Balaban J connectivity index is 3.00. The maximum atomic E-state index is 13.0. The molecule has 1 aromatic carbocycles. The number of hydrogen-bond acceptors (Lipinski definition) is 2. The molecule has 3 nitrogen and oxygen atoms in total. The third-order valence-electron chi connectivity index (χ3n) is 1.66. The molecule has 82 valence electrons. The highest BCUT2D eigenvalue weighted by molar-refractivity contribution is 5.78. The fraction of sp³-hybridized carbons (Fsp3) is 0.222. The maximum absolute atomic E-state index is 13.0. The van der Waals surface area contributed by atoms with Crippen LogP contribution < -0.4 is 10.5 Å². The topological polar surface area (TPSA) is 52.3 Å². The summed E-state index contributed by atoms with van der Waals surface area (Å²) in [6.45, 7) is 1.23. The van der Waals surface area contributed by atoms with Crippen LogP contribution in [0.4, 0.5) is 13.2 Å². The van der Waals surface area contributed by atoms with E-state index < -0.39 is 35.2 Å². The van der Waals surface area contributed by atoms with E-state index in [-0.39, 0.29) is 0 Å². The molecule has 0 saturated carbocycles. The summed E-state index contributed by atoms with van der Waals surface area (Å²) in [6, 6.07) is 0.901. The first-order valence-corrected chi connectivity index (χ1v) is 4.02. The quantitative estimate of drug-likeness (QED) is 0.834. The van der Waals surface area contributed by atoms with Crippen LogP contribution in [-0.4, -0.2) is 12.0 Å². The van der Waals surface area contributed by atoms with Crippen LogP contribution in [0.15, 0.2) is 12.1 Å².